The van der Waals surface area contributed by atoms with Gasteiger partial charge in [-0.3, -0.25) is 0 Å². The first-order chi connectivity index (χ1) is 5.27. The average Bonchev–Trinajstić information content (AvgIpc) is 2.36. The summed E-state index contributed by atoms with van der Waals surface area (Å²) in [6.07, 6.45) is 0. The summed E-state index contributed by atoms with van der Waals surface area (Å²) in [4.78, 5) is 0. The van der Waals surface area contributed by atoms with Crippen molar-refractivity contribution < 1.29 is 4.74 Å². The van der Waals surface area contributed by atoms with Gasteiger partial charge < -0.3 is 10.1 Å². The lowest BCUT2D eigenvalue weighted by molar-refractivity contribution is 0.372. The zero-order valence-electron chi connectivity index (χ0n) is 6.77. The summed E-state index contributed by atoms with van der Waals surface area (Å²) in [6.45, 7) is 4.81. The van der Waals surface area contributed by atoms with Crippen molar-refractivity contribution in [1.82, 2.24) is 0 Å². The SMILES string of the molecule is Cc1cc2c(cc1C)OCN2. The number of nitrogens with one attached hydrogen (secondary N) is 1. The Bertz CT molecular complexity index is 265. The fraction of sp³-hybridized carbons (Fsp3) is 0.333. The van der Waals surface area contributed by atoms with Gasteiger partial charge in [-0.05, 0) is 37.1 Å². The van der Waals surface area contributed by atoms with E-state index in [1.165, 1.54) is 11.1 Å². The van der Waals surface area contributed by atoms with Gasteiger partial charge in [-0.15, -0.1) is 0 Å². The first-order valence-corrected chi connectivity index (χ1v) is 3.75. The van der Waals surface area contributed by atoms with Crippen molar-refractivity contribution in [2.24, 2.45) is 0 Å². The first kappa shape index (κ1) is 6.53. The van der Waals surface area contributed by atoms with Crippen molar-refractivity contribution in [3.63, 3.8) is 0 Å². The molecule has 1 heterocycles. The molecule has 1 aliphatic rings. The minimum Gasteiger partial charge on any atom is -0.471 e. The van der Waals surface area contributed by atoms with Crippen LogP contribution in [0.25, 0.3) is 0 Å². The van der Waals surface area contributed by atoms with Gasteiger partial charge in [0.25, 0.3) is 0 Å². The van der Waals surface area contributed by atoms with Crippen molar-refractivity contribution in [3.05, 3.63) is 23.3 Å². The molecule has 0 radical (unpaired) electrons. The second-order valence-corrected chi connectivity index (χ2v) is 2.90. The Morgan fingerprint density at radius 3 is 2.82 bits per heavy atom. The van der Waals surface area contributed by atoms with Gasteiger partial charge >= 0.3 is 0 Å². The van der Waals surface area contributed by atoms with Crippen molar-refractivity contribution in [3.8, 4) is 5.75 Å². The molecule has 2 heteroatoms. The van der Waals surface area contributed by atoms with Gasteiger partial charge in [0.05, 0.1) is 5.69 Å². The average molecular weight is 149 g/mol. The van der Waals surface area contributed by atoms with Crippen molar-refractivity contribution in [2.45, 2.75) is 13.8 Å². The van der Waals surface area contributed by atoms with Gasteiger partial charge in [-0.2, -0.15) is 0 Å². The number of aryl methyl sites for hydroxylation is 2. The lowest BCUT2D eigenvalue weighted by atomic mass is 10.1. The number of hydrogen-bond donors (Lipinski definition) is 1. The minimum atomic E-state index is 0.609. The molecule has 0 aromatic heterocycles. The predicted molar refractivity (Wildman–Crippen MR) is 45.0 cm³/mol. The van der Waals surface area contributed by atoms with Crippen molar-refractivity contribution in [2.75, 3.05) is 12.0 Å². The molecule has 0 amide bonds. The maximum absolute atomic E-state index is 5.32. The number of hydrogen-bond acceptors (Lipinski definition) is 2. The number of rotatable bonds is 0. The lowest BCUT2D eigenvalue weighted by Crippen LogP contribution is -1.96. The summed E-state index contributed by atoms with van der Waals surface area (Å²) in [5.41, 5.74) is 3.71. The molecular formula is C9H11NO. The van der Waals surface area contributed by atoms with Crippen LogP contribution in [0.4, 0.5) is 5.69 Å². The van der Waals surface area contributed by atoms with Crippen LogP contribution in [-0.4, -0.2) is 6.73 Å². The molecule has 2 nitrogen and oxygen atoms in total. The Morgan fingerprint density at radius 2 is 2.00 bits per heavy atom. The highest BCUT2D eigenvalue weighted by Crippen LogP contribution is 2.31. The third kappa shape index (κ3) is 0.946. The molecule has 0 unspecified atom stereocenters. The number of anilines is 1. The van der Waals surface area contributed by atoms with E-state index in [-0.39, 0.29) is 0 Å². The van der Waals surface area contributed by atoms with Crippen LogP contribution in [0.3, 0.4) is 0 Å². The van der Waals surface area contributed by atoms with Crippen LogP contribution in [0.1, 0.15) is 11.1 Å². The Balaban J connectivity index is 2.57. The maximum atomic E-state index is 5.32. The second kappa shape index (κ2) is 2.16. The molecule has 1 N–H and O–H groups in total. The third-order valence-corrected chi connectivity index (χ3v) is 2.09. The summed E-state index contributed by atoms with van der Waals surface area (Å²) in [7, 11) is 0. The van der Waals surface area contributed by atoms with Crippen molar-refractivity contribution >= 4 is 5.69 Å². The van der Waals surface area contributed by atoms with E-state index < -0.39 is 0 Å². The molecule has 58 valence electrons. The molecule has 0 aliphatic carbocycles. The molecule has 0 spiro atoms. The topological polar surface area (TPSA) is 21.3 Å². The zero-order chi connectivity index (χ0) is 7.84. The Hall–Kier alpha value is -1.18. The number of benzene rings is 1. The van der Waals surface area contributed by atoms with Crippen LogP contribution in [0, 0.1) is 13.8 Å². The summed E-state index contributed by atoms with van der Waals surface area (Å²) in [5.74, 6) is 0.980. The standard InChI is InChI=1S/C9H11NO/c1-6-3-8-9(4-7(6)2)11-5-10-8/h3-4,10H,5H2,1-2H3. The van der Waals surface area contributed by atoms with Gasteiger partial charge in [0, 0.05) is 0 Å². The first-order valence-electron chi connectivity index (χ1n) is 3.75. The van der Waals surface area contributed by atoms with Gasteiger partial charge in [-0.1, -0.05) is 0 Å². The third-order valence-electron chi connectivity index (χ3n) is 2.09. The van der Waals surface area contributed by atoms with Gasteiger partial charge in [0.1, 0.15) is 5.75 Å². The fourth-order valence-electron chi connectivity index (χ4n) is 1.24. The number of fused-ring (bicyclic) bond motifs is 1. The summed E-state index contributed by atoms with van der Waals surface area (Å²) in [5, 5.41) is 3.15. The smallest absolute Gasteiger partial charge is 0.159 e. The normalized spacial score (nSPS) is 13.6. The molecule has 2 rings (SSSR count). The minimum absolute atomic E-state index is 0.609. The number of ether oxygens (including phenoxy) is 1. The highest BCUT2D eigenvalue weighted by molar-refractivity contribution is 5.62. The lowest BCUT2D eigenvalue weighted by Gasteiger charge is -2.02. The quantitative estimate of drug-likeness (QED) is 0.609. The highest BCUT2D eigenvalue weighted by atomic mass is 16.5. The molecule has 0 saturated heterocycles. The van der Waals surface area contributed by atoms with Crippen LogP contribution in [0.15, 0.2) is 12.1 Å². The van der Waals surface area contributed by atoms with Crippen LogP contribution < -0.4 is 10.1 Å². The zero-order valence-corrected chi connectivity index (χ0v) is 6.77. The molecule has 1 aromatic carbocycles. The molecule has 0 fully saturated rings. The Labute approximate surface area is 66.2 Å². The Kier molecular flexibility index (Phi) is 1.28. The summed E-state index contributed by atoms with van der Waals surface area (Å²) < 4.78 is 5.32. The van der Waals surface area contributed by atoms with Gasteiger partial charge in [0.2, 0.25) is 0 Å². The largest absolute Gasteiger partial charge is 0.471 e. The fourth-order valence-corrected chi connectivity index (χ4v) is 1.24. The van der Waals surface area contributed by atoms with E-state index in [0.717, 1.165) is 11.4 Å². The molecule has 0 bridgehead atoms. The Morgan fingerprint density at radius 1 is 1.27 bits per heavy atom. The highest BCUT2D eigenvalue weighted by Gasteiger charge is 2.11. The molecule has 1 aromatic rings. The summed E-state index contributed by atoms with van der Waals surface area (Å²) in [6, 6.07) is 4.20. The second-order valence-electron chi connectivity index (χ2n) is 2.90. The van der Waals surface area contributed by atoms with Gasteiger partial charge in [-0.25, -0.2) is 0 Å². The van der Waals surface area contributed by atoms with E-state index in [1.807, 2.05) is 0 Å². The van der Waals surface area contributed by atoms with Crippen LogP contribution >= 0.6 is 0 Å². The monoisotopic (exact) mass is 149 g/mol. The van der Waals surface area contributed by atoms with Crippen molar-refractivity contribution in [1.29, 1.82) is 0 Å². The van der Waals surface area contributed by atoms with E-state index >= 15 is 0 Å². The maximum Gasteiger partial charge on any atom is 0.159 e. The molecule has 1 aliphatic heterocycles. The van der Waals surface area contributed by atoms with E-state index in [9.17, 15) is 0 Å². The summed E-state index contributed by atoms with van der Waals surface area (Å²) >= 11 is 0. The van der Waals surface area contributed by atoms with E-state index in [2.05, 4.69) is 31.3 Å². The molecular weight excluding hydrogens is 138 g/mol. The molecule has 0 atom stereocenters. The van der Waals surface area contributed by atoms with Crippen LogP contribution in [0.5, 0.6) is 5.75 Å². The van der Waals surface area contributed by atoms with Crippen LogP contribution in [0.2, 0.25) is 0 Å². The van der Waals surface area contributed by atoms with Gasteiger partial charge in [0.15, 0.2) is 6.73 Å². The van der Waals surface area contributed by atoms with E-state index in [0.29, 0.717) is 6.73 Å². The predicted octanol–water partition coefficient (Wildman–Crippen LogP) is 2.07. The molecule has 11 heavy (non-hydrogen) atoms. The van der Waals surface area contributed by atoms with E-state index in [1.54, 1.807) is 0 Å². The van der Waals surface area contributed by atoms with E-state index in [4.69, 9.17) is 4.74 Å². The molecule has 0 saturated carbocycles. The van der Waals surface area contributed by atoms with Crippen LogP contribution in [-0.2, 0) is 0 Å².